The number of pyridine rings is 1. The van der Waals surface area contributed by atoms with Crippen molar-refractivity contribution in [3.05, 3.63) is 48.2 Å². The molecule has 1 aromatic carbocycles. The van der Waals surface area contributed by atoms with Gasteiger partial charge in [0.2, 0.25) is 0 Å². The van der Waals surface area contributed by atoms with Crippen molar-refractivity contribution in [1.82, 2.24) is 15.2 Å². The van der Waals surface area contributed by atoms with Gasteiger partial charge >= 0.3 is 0 Å². The maximum Gasteiger partial charge on any atom is 0.251 e. The first-order chi connectivity index (χ1) is 12.0. The highest BCUT2D eigenvalue weighted by molar-refractivity contribution is 5.94. The van der Waals surface area contributed by atoms with Gasteiger partial charge in [-0.3, -0.25) is 4.79 Å². The maximum absolute atomic E-state index is 12.2. The van der Waals surface area contributed by atoms with E-state index in [2.05, 4.69) is 15.6 Å². The SMILES string of the molecule is CC(C)Oc1ccccc1Nc1cc(C(=O)NCCN(C)C)ccn1. The molecule has 1 amide bonds. The van der Waals surface area contributed by atoms with Crippen LogP contribution in [0.5, 0.6) is 5.75 Å². The molecule has 0 aliphatic heterocycles. The summed E-state index contributed by atoms with van der Waals surface area (Å²) in [4.78, 5) is 18.5. The molecule has 134 valence electrons. The van der Waals surface area contributed by atoms with Gasteiger partial charge < -0.3 is 20.3 Å². The number of para-hydroxylation sites is 2. The number of aromatic nitrogens is 1. The fourth-order valence-corrected chi connectivity index (χ4v) is 2.20. The molecule has 2 rings (SSSR count). The summed E-state index contributed by atoms with van der Waals surface area (Å²) in [5, 5.41) is 6.12. The first kappa shape index (κ1) is 18.7. The quantitative estimate of drug-likeness (QED) is 0.772. The van der Waals surface area contributed by atoms with Crippen molar-refractivity contribution < 1.29 is 9.53 Å². The molecule has 0 fully saturated rings. The summed E-state index contributed by atoms with van der Waals surface area (Å²) in [5.41, 5.74) is 1.38. The van der Waals surface area contributed by atoms with Crippen LogP contribution in [0.15, 0.2) is 42.6 Å². The second kappa shape index (κ2) is 9.03. The number of amides is 1. The standard InChI is InChI=1S/C19H26N4O2/c1-14(2)25-17-8-6-5-7-16(17)22-18-13-15(9-10-20-18)19(24)21-11-12-23(3)4/h5-10,13-14H,11-12H2,1-4H3,(H,20,22)(H,21,24). The van der Waals surface area contributed by atoms with Gasteiger partial charge in [-0.1, -0.05) is 12.1 Å². The Hall–Kier alpha value is -2.60. The maximum atomic E-state index is 12.2. The minimum atomic E-state index is -0.112. The Morgan fingerprint density at radius 3 is 2.72 bits per heavy atom. The third-order valence-corrected chi connectivity index (χ3v) is 3.38. The minimum Gasteiger partial charge on any atom is -0.489 e. The highest BCUT2D eigenvalue weighted by Crippen LogP contribution is 2.27. The lowest BCUT2D eigenvalue weighted by Gasteiger charge is -2.15. The predicted octanol–water partition coefficient (Wildman–Crippen LogP) is 2.90. The number of nitrogens with one attached hydrogen (secondary N) is 2. The summed E-state index contributed by atoms with van der Waals surface area (Å²) < 4.78 is 5.80. The van der Waals surface area contributed by atoms with Gasteiger partial charge in [0.1, 0.15) is 11.6 Å². The monoisotopic (exact) mass is 342 g/mol. The molecular formula is C19H26N4O2. The molecule has 25 heavy (non-hydrogen) atoms. The Kier molecular flexibility index (Phi) is 6.77. The highest BCUT2D eigenvalue weighted by atomic mass is 16.5. The van der Waals surface area contributed by atoms with E-state index in [9.17, 15) is 4.79 Å². The first-order valence-electron chi connectivity index (χ1n) is 8.37. The van der Waals surface area contributed by atoms with Gasteiger partial charge in [0.05, 0.1) is 11.8 Å². The molecule has 0 aliphatic rings. The summed E-state index contributed by atoms with van der Waals surface area (Å²) in [6.45, 7) is 5.35. The third kappa shape index (κ3) is 6.08. The van der Waals surface area contributed by atoms with Crippen LogP contribution in [0.4, 0.5) is 11.5 Å². The topological polar surface area (TPSA) is 66.5 Å². The number of ether oxygens (including phenoxy) is 1. The molecule has 0 unspecified atom stereocenters. The number of carbonyl (C=O) groups is 1. The van der Waals surface area contributed by atoms with E-state index < -0.39 is 0 Å². The van der Waals surface area contributed by atoms with E-state index in [1.54, 1.807) is 18.3 Å². The second-order valence-electron chi connectivity index (χ2n) is 6.28. The average molecular weight is 342 g/mol. The smallest absolute Gasteiger partial charge is 0.251 e. The molecule has 2 N–H and O–H groups in total. The third-order valence-electron chi connectivity index (χ3n) is 3.38. The molecule has 1 aromatic heterocycles. The number of hydrogen-bond donors (Lipinski definition) is 2. The number of rotatable bonds is 8. The normalized spacial score (nSPS) is 10.8. The van der Waals surface area contributed by atoms with Crippen molar-refractivity contribution in [3.8, 4) is 5.75 Å². The average Bonchev–Trinajstić information content (AvgIpc) is 2.56. The van der Waals surface area contributed by atoms with Crippen molar-refractivity contribution in [2.24, 2.45) is 0 Å². The zero-order valence-electron chi connectivity index (χ0n) is 15.2. The van der Waals surface area contributed by atoms with Gasteiger partial charge in [-0.25, -0.2) is 4.98 Å². The van der Waals surface area contributed by atoms with Gasteiger partial charge in [0, 0.05) is 24.8 Å². The molecule has 0 atom stereocenters. The van der Waals surface area contributed by atoms with Gasteiger partial charge in [0.15, 0.2) is 0 Å². The van der Waals surface area contributed by atoms with Crippen LogP contribution in [0.3, 0.4) is 0 Å². The molecule has 2 aromatic rings. The van der Waals surface area contributed by atoms with Crippen LogP contribution in [0, 0.1) is 0 Å². The van der Waals surface area contributed by atoms with Crippen molar-refractivity contribution in [2.45, 2.75) is 20.0 Å². The first-order valence-corrected chi connectivity index (χ1v) is 8.37. The number of nitrogens with zero attached hydrogens (tertiary/aromatic N) is 2. The molecule has 0 spiro atoms. The van der Waals surface area contributed by atoms with Crippen LogP contribution < -0.4 is 15.4 Å². The molecule has 0 bridgehead atoms. The number of carbonyl (C=O) groups excluding carboxylic acids is 1. The molecule has 0 saturated carbocycles. The Morgan fingerprint density at radius 1 is 1.24 bits per heavy atom. The van der Waals surface area contributed by atoms with E-state index in [0.29, 0.717) is 17.9 Å². The van der Waals surface area contributed by atoms with Gasteiger partial charge in [-0.05, 0) is 52.2 Å². The van der Waals surface area contributed by atoms with Crippen molar-refractivity contribution in [1.29, 1.82) is 0 Å². The molecule has 1 heterocycles. The van der Waals surface area contributed by atoms with E-state index in [0.717, 1.165) is 18.0 Å². The molecule has 0 saturated heterocycles. The number of likely N-dealkylation sites (N-methyl/N-ethyl adjacent to an activating group) is 1. The lowest BCUT2D eigenvalue weighted by Crippen LogP contribution is -2.31. The summed E-state index contributed by atoms with van der Waals surface area (Å²) in [7, 11) is 3.94. The molecular weight excluding hydrogens is 316 g/mol. The Balaban J connectivity index is 2.08. The Labute approximate surface area is 149 Å². The van der Waals surface area contributed by atoms with E-state index >= 15 is 0 Å². The molecule has 0 aliphatic carbocycles. The lowest BCUT2D eigenvalue weighted by molar-refractivity contribution is 0.0951. The van der Waals surface area contributed by atoms with Crippen molar-refractivity contribution in [2.75, 3.05) is 32.5 Å². The number of hydrogen-bond acceptors (Lipinski definition) is 5. The molecule has 0 radical (unpaired) electrons. The van der Waals surface area contributed by atoms with Crippen molar-refractivity contribution >= 4 is 17.4 Å². The predicted molar refractivity (Wildman–Crippen MR) is 101 cm³/mol. The fourth-order valence-electron chi connectivity index (χ4n) is 2.20. The Morgan fingerprint density at radius 2 is 2.00 bits per heavy atom. The minimum absolute atomic E-state index is 0.0738. The van der Waals surface area contributed by atoms with Crippen LogP contribution >= 0.6 is 0 Å². The van der Waals surface area contributed by atoms with Crippen LogP contribution in [-0.2, 0) is 0 Å². The van der Waals surface area contributed by atoms with Gasteiger partial charge in [-0.2, -0.15) is 0 Å². The largest absolute Gasteiger partial charge is 0.489 e. The van der Waals surface area contributed by atoms with Crippen LogP contribution in [0.25, 0.3) is 0 Å². The van der Waals surface area contributed by atoms with Gasteiger partial charge in [0.25, 0.3) is 5.91 Å². The van der Waals surface area contributed by atoms with E-state index in [1.807, 2.05) is 57.1 Å². The summed E-state index contributed by atoms with van der Waals surface area (Å²) >= 11 is 0. The van der Waals surface area contributed by atoms with E-state index in [-0.39, 0.29) is 12.0 Å². The van der Waals surface area contributed by atoms with Crippen LogP contribution in [0.2, 0.25) is 0 Å². The number of benzene rings is 1. The number of anilines is 2. The molecule has 6 nitrogen and oxygen atoms in total. The van der Waals surface area contributed by atoms with E-state index in [4.69, 9.17) is 4.74 Å². The lowest BCUT2D eigenvalue weighted by atomic mass is 10.2. The fraction of sp³-hybridized carbons (Fsp3) is 0.368. The summed E-state index contributed by atoms with van der Waals surface area (Å²) in [6.07, 6.45) is 1.69. The van der Waals surface area contributed by atoms with Crippen molar-refractivity contribution in [3.63, 3.8) is 0 Å². The zero-order valence-corrected chi connectivity index (χ0v) is 15.2. The Bertz CT molecular complexity index is 701. The summed E-state index contributed by atoms with van der Waals surface area (Å²) in [5.74, 6) is 1.24. The van der Waals surface area contributed by atoms with Crippen LogP contribution in [0.1, 0.15) is 24.2 Å². The molecule has 6 heteroatoms. The van der Waals surface area contributed by atoms with Gasteiger partial charge in [-0.15, -0.1) is 0 Å². The second-order valence-corrected chi connectivity index (χ2v) is 6.28. The summed E-state index contributed by atoms with van der Waals surface area (Å²) in [6, 6.07) is 11.1. The zero-order chi connectivity index (χ0) is 18.2. The van der Waals surface area contributed by atoms with Crippen LogP contribution in [-0.4, -0.2) is 49.1 Å². The van der Waals surface area contributed by atoms with E-state index in [1.165, 1.54) is 0 Å². The highest BCUT2D eigenvalue weighted by Gasteiger charge is 2.09.